The van der Waals surface area contributed by atoms with E-state index in [1.807, 2.05) is 61.5 Å². The van der Waals surface area contributed by atoms with Gasteiger partial charge in [0.05, 0.1) is 23.9 Å². The molecule has 1 saturated heterocycles. The van der Waals surface area contributed by atoms with Gasteiger partial charge in [-0.05, 0) is 70.2 Å². The number of nitrogens with zero attached hydrogens (tertiary/aromatic N) is 4. The molecule has 3 aromatic rings. The molecule has 1 aliphatic heterocycles. The summed E-state index contributed by atoms with van der Waals surface area (Å²) in [7, 11) is 3.94. The molecule has 4 rings (SSSR count). The van der Waals surface area contributed by atoms with Gasteiger partial charge in [-0.15, -0.1) is 0 Å². The van der Waals surface area contributed by atoms with Crippen LogP contribution >= 0.6 is 0 Å². The van der Waals surface area contributed by atoms with E-state index in [9.17, 15) is 14.7 Å². The molecule has 1 amide bonds. The number of Topliss-reactive ketones (excluding diaryl/α,β-unsaturated/α-hetero) is 1. The minimum Gasteiger partial charge on any atom is -0.505 e. The summed E-state index contributed by atoms with van der Waals surface area (Å²) in [6, 6.07) is 12.3. The Labute approximate surface area is 211 Å². The number of unbranched alkanes of at least 4 members (excludes halogenated alkanes) is 1. The lowest BCUT2D eigenvalue weighted by atomic mass is 9.96. The maximum atomic E-state index is 13.3. The van der Waals surface area contributed by atoms with Crippen LogP contribution < -0.4 is 4.74 Å². The van der Waals surface area contributed by atoms with Crippen LogP contribution in [0.4, 0.5) is 0 Å². The fourth-order valence-corrected chi connectivity index (χ4v) is 4.62. The lowest BCUT2D eigenvalue weighted by Crippen LogP contribution is -2.32. The second-order valence-corrected chi connectivity index (χ2v) is 9.40. The summed E-state index contributed by atoms with van der Waals surface area (Å²) in [6.45, 7) is 5.69. The zero-order valence-electron chi connectivity index (χ0n) is 21.4. The summed E-state index contributed by atoms with van der Waals surface area (Å²) in [5, 5.41) is 11.5. The average Bonchev–Trinajstić information content (AvgIpc) is 3.32. The molecule has 0 aliphatic carbocycles. The van der Waals surface area contributed by atoms with E-state index in [1.165, 1.54) is 0 Å². The highest BCUT2D eigenvalue weighted by Crippen LogP contribution is 2.40. The molecule has 2 aromatic heterocycles. The number of carbonyl (C=O) groups is 2. The molecular weight excluding hydrogens is 456 g/mol. The quantitative estimate of drug-likeness (QED) is 0.198. The zero-order valence-corrected chi connectivity index (χ0v) is 21.4. The van der Waals surface area contributed by atoms with Gasteiger partial charge in [0.15, 0.2) is 5.76 Å². The van der Waals surface area contributed by atoms with Crippen molar-refractivity contribution in [2.75, 3.05) is 33.8 Å². The number of aliphatic hydroxyl groups excluding tert-OH is 1. The standard InChI is InChI=1S/C28H34N4O4/c1-5-6-18-36-21-13-11-20(12-14-21)25-23(27(34)28(35)32(25)17-9-15-30(3)4)26(33)24-19(2)29-22-10-7-8-16-31(22)24/h7-8,10-14,16,25,33H,5-6,9,15,17-18H2,1-4H3/b26-23+. The molecule has 1 atom stereocenters. The molecule has 1 aliphatic rings. The van der Waals surface area contributed by atoms with Gasteiger partial charge in [-0.1, -0.05) is 31.5 Å². The fourth-order valence-electron chi connectivity index (χ4n) is 4.62. The number of imidazole rings is 1. The molecule has 0 bridgehead atoms. The lowest BCUT2D eigenvalue weighted by Gasteiger charge is -2.26. The SMILES string of the molecule is CCCCOc1ccc(C2/C(=C(\O)c3c(C)nc4ccccn34)C(=O)C(=O)N2CCCN(C)C)cc1. The molecule has 0 saturated carbocycles. The number of ether oxygens (including phenoxy) is 1. The van der Waals surface area contributed by atoms with E-state index in [4.69, 9.17) is 4.74 Å². The second-order valence-electron chi connectivity index (χ2n) is 9.40. The van der Waals surface area contributed by atoms with Gasteiger partial charge >= 0.3 is 0 Å². The smallest absolute Gasteiger partial charge is 0.295 e. The van der Waals surface area contributed by atoms with Gasteiger partial charge < -0.3 is 19.6 Å². The number of aryl methyl sites for hydroxylation is 1. The number of rotatable bonds is 10. The van der Waals surface area contributed by atoms with Gasteiger partial charge in [0.1, 0.15) is 17.1 Å². The van der Waals surface area contributed by atoms with Crippen LogP contribution in [0.5, 0.6) is 5.75 Å². The van der Waals surface area contributed by atoms with Crippen molar-refractivity contribution < 1.29 is 19.4 Å². The van der Waals surface area contributed by atoms with Gasteiger partial charge in [0.2, 0.25) is 0 Å². The Morgan fingerprint density at radius 2 is 1.86 bits per heavy atom. The van der Waals surface area contributed by atoms with Crippen molar-refractivity contribution in [3.8, 4) is 5.75 Å². The number of carbonyl (C=O) groups excluding carboxylic acids is 2. The molecular formula is C28H34N4O4. The van der Waals surface area contributed by atoms with Crippen LogP contribution in [0.15, 0.2) is 54.2 Å². The lowest BCUT2D eigenvalue weighted by molar-refractivity contribution is -0.139. The fraction of sp³-hybridized carbons (Fsp3) is 0.393. The third-order valence-electron chi connectivity index (χ3n) is 6.44. The average molecular weight is 491 g/mol. The summed E-state index contributed by atoms with van der Waals surface area (Å²) in [5.41, 5.74) is 2.48. The third-order valence-corrected chi connectivity index (χ3v) is 6.44. The Balaban J connectivity index is 1.79. The molecule has 1 fully saturated rings. The van der Waals surface area contributed by atoms with Crippen molar-refractivity contribution in [1.29, 1.82) is 0 Å². The molecule has 1 aromatic carbocycles. The molecule has 8 heteroatoms. The van der Waals surface area contributed by atoms with Gasteiger partial charge in [-0.25, -0.2) is 4.98 Å². The van der Waals surface area contributed by atoms with E-state index in [1.54, 1.807) is 22.4 Å². The molecule has 0 radical (unpaired) electrons. The summed E-state index contributed by atoms with van der Waals surface area (Å²) >= 11 is 0. The molecule has 8 nitrogen and oxygen atoms in total. The van der Waals surface area contributed by atoms with Crippen LogP contribution in [0.3, 0.4) is 0 Å². The Kier molecular flexibility index (Phi) is 7.74. The van der Waals surface area contributed by atoms with Gasteiger partial charge in [-0.2, -0.15) is 0 Å². The van der Waals surface area contributed by atoms with Gasteiger partial charge in [-0.3, -0.25) is 14.0 Å². The van der Waals surface area contributed by atoms with Crippen LogP contribution in [0.25, 0.3) is 11.4 Å². The first-order chi connectivity index (χ1) is 17.3. The maximum Gasteiger partial charge on any atom is 0.295 e. The van der Waals surface area contributed by atoms with Crippen molar-refractivity contribution in [3.63, 3.8) is 0 Å². The van der Waals surface area contributed by atoms with Crippen LogP contribution in [0, 0.1) is 6.92 Å². The number of benzene rings is 1. The summed E-state index contributed by atoms with van der Waals surface area (Å²) in [5.74, 6) is -0.770. The number of likely N-dealkylation sites (tertiary alicyclic amines) is 1. The number of pyridine rings is 1. The monoisotopic (exact) mass is 490 g/mol. The number of aromatic nitrogens is 2. The number of aliphatic hydroxyl groups is 1. The number of fused-ring (bicyclic) bond motifs is 1. The summed E-state index contributed by atoms with van der Waals surface area (Å²) in [6.07, 6.45) is 4.49. The van der Waals surface area contributed by atoms with E-state index in [2.05, 4.69) is 11.9 Å². The number of hydrogen-bond acceptors (Lipinski definition) is 6. The Morgan fingerprint density at radius 3 is 2.56 bits per heavy atom. The first-order valence-electron chi connectivity index (χ1n) is 12.4. The van der Waals surface area contributed by atoms with Gasteiger partial charge in [0, 0.05) is 12.7 Å². The predicted molar refractivity (Wildman–Crippen MR) is 139 cm³/mol. The summed E-state index contributed by atoms with van der Waals surface area (Å²) in [4.78, 5) is 34.7. The van der Waals surface area contributed by atoms with Crippen molar-refractivity contribution in [3.05, 3.63) is 71.2 Å². The first kappa shape index (κ1) is 25.4. The Bertz CT molecular complexity index is 1280. The highest BCUT2D eigenvalue weighted by atomic mass is 16.5. The van der Waals surface area contributed by atoms with E-state index in [-0.39, 0.29) is 11.3 Å². The van der Waals surface area contributed by atoms with E-state index < -0.39 is 17.7 Å². The van der Waals surface area contributed by atoms with Crippen molar-refractivity contribution >= 4 is 23.1 Å². The predicted octanol–water partition coefficient (Wildman–Crippen LogP) is 4.20. The Morgan fingerprint density at radius 1 is 1.11 bits per heavy atom. The van der Waals surface area contributed by atoms with Gasteiger partial charge in [0.25, 0.3) is 11.7 Å². The van der Waals surface area contributed by atoms with Crippen LogP contribution in [-0.2, 0) is 9.59 Å². The largest absolute Gasteiger partial charge is 0.505 e. The summed E-state index contributed by atoms with van der Waals surface area (Å²) < 4.78 is 7.54. The second kappa shape index (κ2) is 11.0. The maximum absolute atomic E-state index is 13.3. The Hall–Kier alpha value is -3.65. The molecule has 1 N–H and O–H groups in total. The van der Waals surface area contributed by atoms with Crippen LogP contribution in [0.2, 0.25) is 0 Å². The minimum atomic E-state index is -0.703. The normalized spacial score (nSPS) is 17.5. The van der Waals surface area contributed by atoms with E-state index in [0.29, 0.717) is 36.6 Å². The van der Waals surface area contributed by atoms with E-state index in [0.717, 1.165) is 30.7 Å². The van der Waals surface area contributed by atoms with Crippen molar-refractivity contribution in [2.45, 2.75) is 39.2 Å². The van der Waals surface area contributed by atoms with Crippen molar-refractivity contribution in [1.82, 2.24) is 19.2 Å². The molecule has 3 heterocycles. The van der Waals surface area contributed by atoms with Crippen LogP contribution in [-0.4, -0.2) is 69.8 Å². The van der Waals surface area contributed by atoms with E-state index >= 15 is 0 Å². The highest BCUT2D eigenvalue weighted by molar-refractivity contribution is 6.46. The molecule has 0 spiro atoms. The third kappa shape index (κ3) is 4.99. The number of hydrogen-bond donors (Lipinski definition) is 1. The number of ketones is 1. The topological polar surface area (TPSA) is 87.4 Å². The number of amides is 1. The molecule has 36 heavy (non-hydrogen) atoms. The molecule has 190 valence electrons. The highest BCUT2D eigenvalue weighted by Gasteiger charge is 2.46. The molecule has 1 unspecified atom stereocenters. The minimum absolute atomic E-state index is 0.0817. The first-order valence-corrected chi connectivity index (χ1v) is 12.4. The zero-order chi connectivity index (χ0) is 25.8. The van der Waals surface area contributed by atoms with Crippen LogP contribution in [0.1, 0.15) is 49.2 Å². The van der Waals surface area contributed by atoms with Crippen molar-refractivity contribution in [2.24, 2.45) is 0 Å².